The van der Waals surface area contributed by atoms with Gasteiger partial charge < -0.3 is 0 Å². The second kappa shape index (κ2) is 3.52. The quantitative estimate of drug-likeness (QED) is 0.658. The predicted molar refractivity (Wildman–Crippen MR) is 58.3 cm³/mol. The van der Waals surface area contributed by atoms with Crippen molar-refractivity contribution in [1.82, 2.24) is 0 Å². The highest BCUT2D eigenvalue weighted by Crippen LogP contribution is 2.27. The van der Waals surface area contributed by atoms with E-state index in [1.54, 1.807) is 11.3 Å². The van der Waals surface area contributed by atoms with Crippen LogP contribution in [0.2, 0.25) is 5.02 Å². The smallest absolute Gasteiger partial charge is 0.0481 e. The molecule has 2 aromatic rings. The first-order valence-electron chi connectivity index (χ1n) is 4.00. The maximum Gasteiger partial charge on any atom is 0.0481 e. The van der Waals surface area contributed by atoms with Crippen LogP contribution in [0.1, 0.15) is 5.56 Å². The Morgan fingerprint density at radius 1 is 1.23 bits per heavy atom. The van der Waals surface area contributed by atoms with Gasteiger partial charge in [-0.1, -0.05) is 23.7 Å². The molecule has 0 fully saturated rings. The molecule has 65 valence electrons. The summed E-state index contributed by atoms with van der Waals surface area (Å²) in [7, 11) is 0. The van der Waals surface area contributed by atoms with Crippen molar-refractivity contribution >= 4 is 22.9 Å². The number of benzene rings is 1. The molecule has 1 heterocycles. The van der Waals surface area contributed by atoms with E-state index in [0.29, 0.717) is 0 Å². The highest BCUT2D eigenvalue weighted by molar-refractivity contribution is 7.13. The summed E-state index contributed by atoms with van der Waals surface area (Å²) in [6.07, 6.45) is 0. The number of hydrogen-bond acceptors (Lipinski definition) is 1. The summed E-state index contributed by atoms with van der Waals surface area (Å²) < 4.78 is 0. The number of aryl methyl sites for hydroxylation is 1. The highest BCUT2D eigenvalue weighted by Gasteiger charge is 1.99. The van der Waals surface area contributed by atoms with Crippen molar-refractivity contribution in [3.05, 3.63) is 46.3 Å². The SMILES string of the molecule is Cc1[c]sc(-c2ccc(Cl)cc2)c1. The number of hydrogen-bond donors (Lipinski definition) is 0. The van der Waals surface area contributed by atoms with Gasteiger partial charge in [-0.15, -0.1) is 11.3 Å². The van der Waals surface area contributed by atoms with Gasteiger partial charge in [0.25, 0.3) is 0 Å². The average molecular weight is 208 g/mol. The first-order valence-corrected chi connectivity index (χ1v) is 5.19. The Morgan fingerprint density at radius 3 is 2.46 bits per heavy atom. The van der Waals surface area contributed by atoms with Gasteiger partial charge in [0, 0.05) is 15.3 Å². The number of rotatable bonds is 1. The van der Waals surface area contributed by atoms with Crippen molar-refractivity contribution in [1.29, 1.82) is 0 Å². The van der Waals surface area contributed by atoms with Crippen molar-refractivity contribution in [2.45, 2.75) is 6.92 Å². The summed E-state index contributed by atoms with van der Waals surface area (Å²) in [5.74, 6) is 0. The van der Waals surface area contributed by atoms with Gasteiger partial charge in [-0.25, -0.2) is 0 Å². The van der Waals surface area contributed by atoms with E-state index in [1.807, 2.05) is 24.3 Å². The molecule has 1 aromatic carbocycles. The van der Waals surface area contributed by atoms with Crippen LogP contribution in [0.25, 0.3) is 10.4 Å². The molecule has 0 N–H and O–H groups in total. The molecule has 0 saturated heterocycles. The lowest BCUT2D eigenvalue weighted by Gasteiger charge is -1.95. The van der Waals surface area contributed by atoms with E-state index in [-0.39, 0.29) is 0 Å². The Balaban J connectivity index is 2.41. The summed E-state index contributed by atoms with van der Waals surface area (Å²) in [5, 5.41) is 3.97. The molecule has 2 rings (SSSR count). The van der Waals surface area contributed by atoms with Crippen LogP contribution < -0.4 is 0 Å². The molecule has 0 atom stereocenters. The number of halogens is 1. The lowest BCUT2D eigenvalue weighted by Crippen LogP contribution is -1.70. The van der Waals surface area contributed by atoms with Gasteiger partial charge in [0.15, 0.2) is 0 Å². The summed E-state index contributed by atoms with van der Waals surface area (Å²) in [4.78, 5) is 1.24. The largest absolute Gasteiger partial charge is 0.134 e. The molecule has 13 heavy (non-hydrogen) atoms. The third kappa shape index (κ3) is 1.93. The van der Waals surface area contributed by atoms with Crippen LogP contribution in [0.3, 0.4) is 0 Å². The molecular formula is C11H8ClS. The van der Waals surface area contributed by atoms with Crippen molar-refractivity contribution in [3.8, 4) is 10.4 Å². The van der Waals surface area contributed by atoms with Gasteiger partial charge >= 0.3 is 0 Å². The Hall–Kier alpha value is -0.790. The van der Waals surface area contributed by atoms with Crippen LogP contribution in [-0.4, -0.2) is 0 Å². The summed E-state index contributed by atoms with van der Waals surface area (Å²) in [5.41, 5.74) is 2.40. The summed E-state index contributed by atoms with van der Waals surface area (Å²) >= 11 is 7.44. The third-order valence-electron chi connectivity index (χ3n) is 1.80. The normalized spacial score (nSPS) is 10.3. The first kappa shape index (κ1) is 8.79. The zero-order chi connectivity index (χ0) is 9.26. The molecule has 0 bridgehead atoms. The Kier molecular flexibility index (Phi) is 2.38. The van der Waals surface area contributed by atoms with E-state index < -0.39 is 0 Å². The van der Waals surface area contributed by atoms with Gasteiger partial charge in [0.05, 0.1) is 0 Å². The minimum atomic E-state index is 0.779. The molecule has 0 amide bonds. The Labute approximate surface area is 86.8 Å². The van der Waals surface area contributed by atoms with E-state index >= 15 is 0 Å². The Bertz CT molecular complexity index is 400. The molecule has 0 saturated carbocycles. The second-order valence-corrected chi connectivity index (χ2v) is 4.19. The Morgan fingerprint density at radius 2 is 1.92 bits per heavy atom. The molecule has 0 unspecified atom stereocenters. The lowest BCUT2D eigenvalue weighted by atomic mass is 10.2. The minimum Gasteiger partial charge on any atom is -0.134 e. The van der Waals surface area contributed by atoms with Crippen molar-refractivity contribution in [2.24, 2.45) is 0 Å². The molecule has 0 aliphatic carbocycles. The van der Waals surface area contributed by atoms with E-state index in [2.05, 4.69) is 18.4 Å². The van der Waals surface area contributed by atoms with Gasteiger partial charge in [-0.05, 0) is 36.2 Å². The topological polar surface area (TPSA) is 0 Å². The van der Waals surface area contributed by atoms with Crippen LogP contribution in [-0.2, 0) is 0 Å². The molecule has 0 aliphatic rings. The molecule has 0 nitrogen and oxygen atoms in total. The zero-order valence-electron chi connectivity index (χ0n) is 7.17. The molecule has 2 heteroatoms. The van der Waals surface area contributed by atoms with Crippen molar-refractivity contribution < 1.29 is 0 Å². The fourth-order valence-corrected chi connectivity index (χ4v) is 2.09. The molecule has 0 spiro atoms. The lowest BCUT2D eigenvalue weighted by molar-refractivity contribution is 1.54. The zero-order valence-corrected chi connectivity index (χ0v) is 8.75. The molecular weight excluding hydrogens is 200 g/mol. The molecule has 1 radical (unpaired) electrons. The van der Waals surface area contributed by atoms with E-state index in [0.717, 1.165) is 5.02 Å². The monoisotopic (exact) mass is 207 g/mol. The van der Waals surface area contributed by atoms with Crippen LogP contribution in [0.15, 0.2) is 30.3 Å². The fraction of sp³-hybridized carbons (Fsp3) is 0.0909. The van der Waals surface area contributed by atoms with Crippen molar-refractivity contribution in [2.75, 3.05) is 0 Å². The van der Waals surface area contributed by atoms with E-state index in [9.17, 15) is 0 Å². The second-order valence-electron chi connectivity index (χ2n) is 2.90. The first-order chi connectivity index (χ1) is 6.25. The maximum absolute atomic E-state index is 5.80. The van der Waals surface area contributed by atoms with Gasteiger partial charge in [0.2, 0.25) is 0 Å². The fourth-order valence-electron chi connectivity index (χ4n) is 1.15. The summed E-state index contributed by atoms with van der Waals surface area (Å²) in [6, 6.07) is 10.0. The molecule has 0 aliphatic heterocycles. The maximum atomic E-state index is 5.80. The highest BCUT2D eigenvalue weighted by atomic mass is 35.5. The summed E-state index contributed by atoms with van der Waals surface area (Å²) in [6.45, 7) is 2.05. The van der Waals surface area contributed by atoms with Gasteiger partial charge in [-0.2, -0.15) is 0 Å². The van der Waals surface area contributed by atoms with Crippen LogP contribution in [0.5, 0.6) is 0 Å². The third-order valence-corrected chi connectivity index (χ3v) is 3.05. The minimum absolute atomic E-state index is 0.779. The van der Waals surface area contributed by atoms with Gasteiger partial charge in [-0.3, -0.25) is 0 Å². The predicted octanol–water partition coefficient (Wildman–Crippen LogP) is 4.18. The standard InChI is InChI=1S/C11H8ClS/c1-8-6-11(13-7-8)9-2-4-10(12)5-3-9/h2-6H,1H3. The average Bonchev–Trinajstić information content (AvgIpc) is 2.53. The number of thiophene rings is 1. The van der Waals surface area contributed by atoms with Crippen LogP contribution in [0.4, 0.5) is 0 Å². The van der Waals surface area contributed by atoms with Crippen LogP contribution >= 0.6 is 22.9 Å². The van der Waals surface area contributed by atoms with Crippen LogP contribution in [0, 0.1) is 12.3 Å². The molecule has 1 aromatic heterocycles. The van der Waals surface area contributed by atoms with E-state index in [1.165, 1.54) is 16.0 Å². The van der Waals surface area contributed by atoms with E-state index in [4.69, 9.17) is 11.6 Å². The van der Waals surface area contributed by atoms with Crippen molar-refractivity contribution in [3.63, 3.8) is 0 Å². The van der Waals surface area contributed by atoms with Gasteiger partial charge in [0.1, 0.15) is 0 Å².